The topological polar surface area (TPSA) is 75.4 Å². The van der Waals surface area contributed by atoms with Crippen LogP contribution in [0.4, 0.5) is 5.69 Å². The summed E-state index contributed by atoms with van der Waals surface area (Å²) in [6.45, 7) is 3.10. The SMILES string of the molecule is Cc1cccc([N+](=O)[O-])c1CC1(O)CCNC1. The average molecular weight is 236 g/mol. The zero-order valence-electron chi connectivity index (χ0n) is 9.77. The van der Waals surface area contributed by atoms with Gasteiger partial charge in [0.05, 0.1) is 10.5 Å². The molecule has 0 spiro atoms. The van der Waals surface area contributed by atoms with E-state index in [-0.39, 0.29) is 10.6 Å². The molecule has 0 amide bonds. The van der Waals surface area contributed by atoms with Gasteiger partial charge in [-0.15, -0.1) is 0 Å². The molecule has 1 aromatic carbocycles. The highest BCUT2D eigenvalue weighted by Crippen LogP contribution is 2.28. The largest absolute Gasteiger partial charge is 0.388 e. The molecule has 0 aliphatic carbocycles. The summed E-state index contributed by atoms with van der Waals surface area (Å²) in [4.78, 5) is 10.6. The number of benzene rings is 1. The van der Waals surface area contributed by atoms with Crippen LogP contribution in [0.3, 0.4) is 0 Å². The molecule has 1 aliphatic heterocycles. The Labute approximate surface area is 99.6 Å². The lowest BCUT2D eigenvalue weighted by atomic mass is 9.90. The third-order valence-corrected chi connectivity index (χ3v) is 3.31. The summed E-state index contributed by atoms with van der Waals surface area (Å²) in [5, 5.41) is 24.3. The van der Waals surface area contributed by atoms with E-state index in [2.05, 4.69) is 5.32 Å². The second-order valence-electron chi connectivity index (χ2n) is 4.66. The van der Waals surface area contributed by atoms with Crippen molar-refractivity contribution in [2.45, 2.75) is 25.4 Å². The van der Waals surface area contributed by atoms with Crippen molar-refractivity contribution >= 4 is 5.69 Å². The van der Waals surface area contributed by atoms with Crippen LogP contribution in [0.1, 0.15) is 17.5 Å². The van der Waals surface area contributed by atoms with E-state index in [4.69, 9.17) is 0 Å². The summed E-state index contributed by atoms with van der Waals surface area (Å²) in [6, 6.07) is 5.01. The Kier molecular flexibility index (Phi) is 3.13. The van der Waals surface area contributed by atoms with E-state index >= 15 is 0 Å². The van der Waals surface area contributed by atoms with Crippen LogP contribution in [0.5, 0.6) is 0 Å². The maximum absolute atomic E-state index is 11.0. The maximum atomic E-state index is 11.0. The Bertz CT molecular complexity index is 439. The molecule has 0 radical (unpaired) electrons. The van der Waals surface area contributed by atoms with Gasteiger partial charge in [-0.25, -0.2) is 0 Å². The van der Waals surface area contributed by atoms with Gasteiger partial charge in [0.1, 0.15) is 0 Å². The number of rotatable bonds is 3. The number of hydrogen-bond acceptors (Lipinski definition) is 4. The Morgan fingerprint density at radius 3 is 2.94 bits per heavy atom. The molecule has 1 fully saturated rings. The summed E-state index contributed by atoms with van der Waals surface area (Å²) >= 11 is 0. The number of aryl methyl sites for hydroxylation is 1. The number of nitro groups is 1. The predicted octanol–water partition coefficient (Wildman–Crippen LogP) is 1.17. The highest BCUT2D eigenvalue weighted by molar-refractivity contribution is 5.46. The van der Waals surface area contributed by atoms with E-state index in [1.165, 1.54) is 6.07 Å². The van der Waals surface area contributed by atoms with E-state index in [0.29, 0.717) is 24.9 Å². The zero-order chi connectivity index (χ0) is 12.5. The maximum Gasteiger partial charge on any atom is 0.272 e. The molecule has 1 aromatic rings. The van der Waals surface area contributed by atoms with Gasteiger partial charge in [0, 0.05) is 24.6 Å². The van der Waals surface area contributed by atoms with E-state index in [0.717, 1.165) is 12.1 Å². The number of β-amino-alcohol motifs (C(OH)–C–C–N with tert-alkyl or cyclic N) is 1. The number of nitrogens with one attached hydrogen (secondary N) is 1. The van der Waals surface area contributed by atoms with Gasteiger partial charge in [0.15, 0.2) is 0 Å². The minimum Gasteiger partial charge on any atom is -0.388 e. The first-order valence-corrected chi connectivity index (χ1v) is 5.68. The molecule has 1 unspecified atom stereocenters. The highest BCUT2D eigenvalue weighted by Gasteiger charge is 2.33. The molecule has 5 nitrogen and oxygen atoms in total. The number of aliphatic hydroxyl groups is 1. The van der Waals surface area contributed by atoms with E-state index < -0.39 is 5.60 Å². The van der Waals surface area contributed by atoms with Gasteiger partial charge < -0.3 is 10.4 Å². The van der Waals surface area contributed by atoms with Crippen molar-refractivity contribution in [2.24, 2.45) is 0 Å². The minimum absolute atomic E-state index is 0.102. The van der Waals surface area contributed by atoms with Crippen LogP contribution >= 0.6 is 0 Å². The third-order valence-electron chi connectivity index (χ3n) is 3.31. The van der Waals surface area contributed by atoms with Crippen LogP contribution in [0.15, 0.2) is 18.2 Å². The van der Waals surface area contributed by atoms with Gasteiger partial charge >= 0.3 is 0 Å². The van der Waals surface area contributed by atoms with Gasteiger partial charge in [-0.05, 0) is 25.5 Å². The normalized spacial score (nSPS) is 23.9. The zero-order valence-corrected chi connectivity index (χ0v) is 9.77. The fourth-order valence-electron chi connectivity index (χ4n) is 2.30. The summed E-state index contributed by atoms with van der Waals surface area (Å²) in [5.41, 5.74) is 0.755. The van der Waals surface area contributed by atoms with Crippen LogP contribution in [0, 0.1) is 17.0 Å². The quantitative estimate of drug-likeness (QED) is 0.610. The molecule has 1 aliphatic rings. The molecule has 1 heterocycles. The van der Waals surface area contributed by atoms with Crippen LogP contribution in [-0.4, -0.2) is 28.7 Å². The Morgan fingerprint density at radius 1 is 1.59 bits per heavy atom. The van der Waals surface area contributed by atoms with Crippen LogP contribution in [-0.2, 0) is 6.42 Å². The molecule has 5 heteroatoms. The average Bonchev–Trinajstić information content (AvgIpc) is 2.68. The lowest BCUT2D eigenvalue weighted by Gasteiger charge is -2.22. The van der Waals surface area contributed by atoms with Crippen LogP contribution in [0.2, 0.25) is 0 Å². The van der Waals surface area contributed by atoms with Crippen LogP contribution < -0.4 is 5.32 Å². The summed E-state index contributed by atoms with van der Waals surface area (Å²) < 4.78 is 0. The fraction of sp³-hybridized carbons (Fsp3) is 0.500. The molecule has 0 bridgehead atoms. The van der Waals surface area contributed by atoms with Gasteiger partial charge in [0.25, 0.3) is 5.69 Å². The van der Waals surface area contributed by atoms with Gasteiger partial charge in [-0.2, -0.15) is 0 Å². The second kappa shape index (κ2) is 4.43. The van der Waals surface area contributed by atoms with Crippen molar-refractivity contribution in [2.75, 3.05) is 13.1 Å². The number of hydrogen-bond donors (Lipinski definition) is 2. The van der Waals surface area contributed by atoms with Crippen molar-refractivity contribution in [3.63, 3.8) is 0 Å². The Morgan fingerprint density at radius 2 is 2.35 bits per heavy atom. The molecule has 1 saturated heterocycles. The second-order valence-corrected chi connectivity index (χ2v) is 4.66. The molecular formula is C12H16N2O3. The first-order valence-electron chi connectivity index (χ1n) is 5.68. The number of nitro benzene ring substituents is 1. The van der Waals surface area contributed by atoms with Crippen molar-refractivity contribution in [1.82, 2.24) is 5.32 Å². The lowest BCUT2D eigenvalue weighted by Crippen LogP contribution is -2.34. The summed E-state index contributed by atoms with van der Waals surface area (Å²) in [6.07, 6.45) is 0.974. The fourth-order valence-corrected chi connectivity index (χ4v) is 2.30. The number of nitrogens with zero attached hydrogens (tertiary/aromatic N) is 1. The molecule has 17 heavy (non-hydrogen) atoms. The van der Waals surface area contributed by atoms with E-state index in [1.807, 2.05) is 13.0 Å². The highest BCUT2D eigenvalue weighted by atomic mass is 16.6. The molecule has 0 saturated carbocycles. The van der Waals surface area contributed by atoms with Crippen molar-refractivity contribution in [1.29, 1.82) is 0 Å². The summed E-state index contributed by atoms with van der Waals surface area (Å²) in [5.74, 6) is 0. The predicted molar refractivity (Wildman–Crippen MR) is 64.0 cm³/mol. The van der Waals surface area contributed by atoms with E-state index in [9.17, 15) is 15.2 Å². The van der Waals surface area contributed by atoms with Gasteiger partial charge in [-0.1, -0.05) is 12.1 Å². The van der Waals surface area contributed by atoms with Crippen LogP contribution in [0.25, 0.3) is 0 Å². The molecular weight excluding hydrogens is 220 g/mol. The summed E-state index contributed by atoms with van der Waals surface area (Å²) in [7, 11) is 0. The van der Waals surface area contributed by atoms with Gasteiger partial charge in [0.2, 0.25) is 0 Å². The molecule has 2 N–H and O–H groups in total. The minimum atomic E-state index is -0.850. The molecule has 1 atom stereocenters. The molecule has 0 aromatic heterocycles. The first kappa shape index (κ1) is 12.0. The van der Waals surface area contributed by atoms with Crippen molar-refractivity contribution < 1.29 is 10.0 Å². The standard InChI is InChI=1S/C12H16N2O3/c1-9-3-2-4-11(14(16)17)10(9)7-12(15)5-6-13-8-12/h2-4,13,15H,5-8H2,1H3. The van der Waals surface area contributed by atoms with Crippen molar-refractivity contribution in [3.8, 4) is 0 Å². The van der Waals surface area contributed by atoms with E-state index in [1.54, 1.807) is 6.07 Å². The first-order chi connectivity index (χ1) is 8.02. The smallest absolute Gasteiger partial charge is 0.272 e. The monoisotopic (exact) mass is 236 g/mol. The lowest BCUT2D eigenvalue weighted by molar-refractivity contribution is -0.385. The van der Waals surface area contributed by atoms with Gasteiger partial charge in [-0.3, -0.25) is 10.1 Å². The molecule has 92 valence electrons. The Balaban J connectivity index is 2.34. The van der Waals surface area contributed by atoms with Crippen molar-refractivity contribution in [3.05, 3.63) is 39.4 Å². The third kappa shape index (κ3) is 2.45. The Hall–Kier alpha value is -1.46. The molecule has 2 rings (SSSR count).